The van der Waals surface area contributed by atoms with Crippen molar-refractivity contribution in [2.24, 2.45) is 0 Å². The van der Waals surface area contributed by atoms with Crippen LogP contribution in [0, 0.1) is 0 Å². The van der Waals surface area contributed by atoms with Crippen LogP contribution in [-0.4, -0.2) is 174 Å². The third-order valence-corrected chi connectivity index (χ3v) is 6.30. The number of carbonyl (C=O) groups is 4. The molecule has 0 spiro atoms. The van der Waals surface area contributed by atoms with Gasteiger partial charge in [0.2, 0.25) is 11.7 Å². The second kappa shape index (κ2) is 35.7. The summed E-state index contributed by atoms with van der Waals surface area (Å²) in [5.41, 5.74) is 0.721. The number of carboxylic acids is 1. The molecule has 0 aliphatic carbocycles. The Morgan fingerprint density at radius 2 is 0.792 bits per heavy atom. The first-order chi connectivity index (χ1) is 25.9. The van der Waals surface area contributed by atoms with E-state index in [1.807, 2.05) is 0 Å². The molecule has 18 nitrogen and oxygen atoms in total. The molecule has 304 valence electrons. The summed E-state index contributed by atoms with van der Waals surface area (Å²) in [6.07, 6.45) is -0.669. The highest BCUT2D eigenvalue weighted by Gasteiger charge is 2.14. The fourth-order valence-corrected chi connectivity index (χ4v) is 3.75. The van der Waals surface area contributed by atoms with Crippen molar-refractivity contribution in [3.8, 4) is 5.75 Å². The van der Waals surface area contributed by atoms with E-state index in [1.54, 1.807) is 24.3 Å². The Balaban J connectivity index is 1.67. The van der Waals surface area contributed by atoms with Crippen molar-refractivity contribution < 1.29 is 81.1 Å². The van der Waals surface area contributed by atoms with Crippen LogP contribution in [0.25, 0.3) is 0 Å². The van der Waals surface area contributed by atoms with E-state index in [-0.39, 0.29) is 32.0 Å². The highest BCUT2D eigenvalue weighted by molar-refractivity contribution is 6.32. The number of aliphatic carboxylic acids is 1. The molecule has 0 aromatic heterocycles. The van der Waals surface area contributed by atoms with Gasteiger partial charge in [0.15, 0.2) is 0 Å². The van der Waals surface area contributed by atoms with E-state index in [0.717, 1.165) is 5.69 Å². The minimum atomic E-state index is -1.57. The maximum absolute atomic E-state index is 11.4. The Labute approximate surface area is 310 Å². The number of ether oxygens (including phenoxy) is 12. The van der Waals surface area contributed by atoms with Gasteiger partial charge in [0.25, 0.3) is 0 Å². The second-order valence-electron chi connectivity index (χ2n) is 10.6. The molecular weight excluding hydrogens is 706 g/mol. The molecule has 2 N–H and O–H groups in total. The monoisotopic (exact) mass is 763 g/mol. The van der Waals surface area contributed by atoms with Crippen molar-refractivity contribution in [3.05, 3.63) is 24.3 Å². The molecule has 0 unspecified atom stereocenters. The molecule has 1 rings (SSSR count). The van der Waals surface area contributed by atoms with E-state index in [0.29, 0.717) is 138 Å². The number of rotatable bonds is 39. The van der Waals surface area contributed by atoms with Gasteiger partial charge in [0, 0.05) is 19.0 Å². The maximum atomic E-state index is 11.4. The topological polar surface area (TPSA) is 211 Å². The Kier molecular flexibility index (Phi) is 32.2. The maximum Gasteiger partial charge on any atom is 0.372 e. The number of benzene rings is 1. The van der Waals surface area contributed by atoms with Gasteiger partial charge in [-0.1, -0.05) is 0 Å². The molecular formula is C35H57NO17. The van der Waals surface area contributed by atoms with Crippen molar-refractivity contribution in [1.82, 2.24) is 0 Å². The zero-order valence-corrected chi connectivity index (χ0v) is 30.8. The number of ketones is 1. The molecule has 1 amide bonds. The van der Waals surface area contributed by atoms with Crippen LogP contribution in [0.1, 0.15) is 19.8 Å². The summed E-state index contributed by atoms with van der Waals surface area (Å²) in [6.45, 7) is 10.4. The average Bonchev–Trinajstić information content (AvgIpc) is 3.14. The Hall–Kier alpha value is -3.30. The summed E-state index contributed by atoms with van der Waals surface area (Å²) in [4.78, 5) is 43.7. The van der Waals surface area contributed by atoms with Crippen LogP contribution >= 0.6 is 0 Å². The number of esters is 1. The lowest BCUT2D eigenvalue weighted by Crippen LogP contribution is -2.17. The average molecular weight is 764 g/mol. The van der Waals surface area contributed by atoms with Gasteiger partial charge >= 0.3 is 11.9 Å². The molecule has 0 bridgehead atoms. The van der Waals surface area contributed by atoms with Crippen LogP contribution in [0.15, 0.2) is 24.3 Å². The molecule has 0 saturated carbocycles. The Morgan fingerprint density at radius 3 is 1.11 bits per heavy atom. The summed E-state index contributed by atoms with van der Waals surface area (Å²) >= 11 is 0. The lowest BCUT2D eigenvalue weighted by molar-refractivity contribution is -0.151. The third kappa shape index (κ3) is 33.0. The van der Waals surface area contributed by atoms with E-state index < -0.39 is 17.7 Å². The van der Waals surface area contributed by atoms with E-state index in [2.05, 4.69) is 5.32 Å². The highest BCUT2D eigenvalue weighted by Crippen LogP contribution is 2.15. The number of Topliss-reactive ketones (excluding diaryl/α,β-unsaturated/α-hetero) is 1. The van der Waals surface area contributed by atoms with Gasteiger partial charge in [-0.05, 0) is 24.3 Å². The van der Waals surface area contributed by atoms with Crippen LogP contribution in [0.5, 0.6) is 5.75 Å². The van der Waals surface area contributed by atoms with E-state index in [1.165, 1.54) is 6.92 Å². The fourth-order valence-electron chi connectivity index (χ4n) is 3.75. The van der Waals surface area contributed by atoms with Gasteiger partial charge in [-0.3, -0.25) is 14.4 Å². The van der Waals surface area contributed by atoms with E-state index in [9.17, 15) is 19.2 Å². The molecule has 53 heavy (non-hydrogen) atoms. The van der Waals surface area contributed by atoms with Crippen LogP contribution in [0.2, 0.25) is 0 Å². The summed E-state index contributed by atoms with van der Waals surface area (Å²) in [6, 6.07) is 7.14. The van der Waals surface area contributed by atoms with Crippen molar-refractivity contribution in [2.45, 2.75) is 19.8 Å². The molecule has 0 saturated heterocycles. The molecule has 1 aromatic rings. The predicted octanol–water partition coefficient (Wildman–Crippen LogP) is 1.17. The number of hydrogen-bond donors (Lipinski definition) is 2. The Morgan fingerprint density at radius 1 is 0.472 bits per heavy atom. The van der Waals surface area contributed by atoms with Crippen LogP contribution in [-0.2, 0) is 71.3 Å². The van der Waals surface area contributed by atoms with Gasteiger partial charge < -0.3 is 67.3 Å². The quantitative estimate of drug-likeness (QED) is 0.0547. The number of amides is 1. The number of nitrogens with one attached hydrogen (secondary N) is 1. The minimum absolute atomic E-state index is 0.00857. The van der Waals surface area contributed by atoms with E-state index >= 15 is 0 Å². The molecule has 0 aliphatic heterocycles. The number of carbonyl (C=O) groups excluding carboxylic acids is 3. The summed E-state index contributed by atoms with van der Waals surface area (Å²) < 4.78 is 64.7. The molecule has 0 atom stereocenters. The third-order valence-electron chi connectivity index (χ3n) is 6.30. The van der Waals surface area contributed by atoms with Crippen LogP contribution < -0.4 is 10.1 Å². The van der Waals surface area contributed by atoms with Gasteiger partial charge in [-0.25, -0.2) is 4.79 Å². The summed E-state index contributed by atoms with van der Waals surface area (Å²) in [7, 11) is 0. The summed E-state index contributed by atoms with van der Waals surface area (Å²) in [5, 5.41) is 11.2. The largest absolute Gasteiger partial charge is 0.491 e. The second-order valence-corrected chi connectivity index (χ2v) is 10.6. The van der Waals surface area contributed by atoms with Gasteiger partial charge in [-0.15, -0.1) is 0 Å². The first-order valence-corrected chi connectivity index (χ1v) is 17.6. The van der Waals surface area contributed by atoms with Crippen molar-refractivity contribution in [2.75, 3.05) is 151 Å². The van der Waals surface area contributed by atoms with Crippen LogP contribution in [0.3, 0.4) is 0 Å². The van der Waals surface area contributed by atoms with Gasteiger partial charge in [0.05, 0.1) is 139 Å². The van der Waals surface area contributed by atoms with Crippen LogP contribution in [0.4, 0.5) is 5.69 Å². The van der Waals surface area contributed by atoms with Gasteiger partial charge in [0.1, 0.15) is 19.0 Å². The molecule has 1 aromatic carbocycles. The lowest BCUT2D eigenvalue weighted by atomic mass is 10.2. The standard InChI is InChI=1S/C35H57NO17/c1-30(37)36-31-2-4-32(5-3-31)52-28-26-50-24-22-48-20-18-46-16-14-44-12-10-42-8-9-43-11-13-45-15-17-47-19-21-49-23-25-51-27-29-53-34(39)7-6-33(38)35(40)41/h2-5H,6-29H2,1H3,(H,36,37)(H,40,41). The fraction of sp³-hybridized carbons (Fsp3) is 0.714. The summed E-state index contributed by atoms with van der Waals surface area (Å²) in [5.74, 6) is -2.66. The van der Waals surface area contributed by atoms with Gasteiger partial charge in [-0.2, -0.15) is 0 Å². The number of anilines is 1. The SMILES string of the molecule is CC(=O)Nc1ccc(OCCOCCOCCOCCOCCOCCOCCOCCOCCOCCOCCOC(=O)CCC(=O)C(=O)O)cc1. The first-order valence-electron chi connectivity index (χ1n) is 17.6. The molecule has 0 fully saturated rings. The first kappa shape index (κ1) is 47.7. The smallest absolute Gasteiger partial charge is 0.372 e. The van der Waals surface area contributed by atoms with Crippen molar-refractivity contribution in [1.29, 1.82) is 0 Å². The zero-order chi connectivity index (χ0) is 38.5. The number of hydrogen-bond acceptors (Lipinski definition) is 16. The highest BCUT2D eigenvalue weighted by atomic mass is 16.6. The minimum Gasteiger partial charge on any atom is -0.491 e. The Bertz CT molecular complexity index is 1060. The number of carboxylic acid groups (broad SMARTS) is 1. The van der Waals surface area contributed by atoms with E-state index in [4.69, 9.17) is 61.9 Å². The molecule has 0 aliphatic rings. The normalized spacial score (nSPS) is 11.0. The van der Waals surface area contributed by atoms with Crippen molar-refractivity contribution in [3.63, 3.8) is 0 Å². The zero-order valence-electron chi connectivity index (χ0n) is 30.8. The molecule has 18 heteroatoms. The predicted molar refractivity (Wildman–Crippen MR) is 187 cm³/mol. The lowest BCUT2D eigenvalue weighted by Gasteiger charge is -2.09. The molecule has 0 radical (unpaired) electrons. The molecule has 0 heterocycles. The van der Waals surface area contributed by atoms with Crippen molar-refractivity contribution >= 4 is 29.3 Å².